The van der Waals surface area contributed by atoms with Gasteiger partial charge in [0.15, 0.2) is 17.1 Å². The van der Waals surface area contributed by atoms with Crippen molar-refractivity contribution in [3.8, 4) is 11.5 Å². The van der Waals surface area contributed by atoms with Crippen LogP contribution in [0, 0.1) is 0 Å². The average Bonchev–Trinajstić information content (AvgIpc) is 3.22. The van der Waals surface area contributed by atoms with Crippen LogP contribution in [0.4, 0.5) is 0 Å². The molecule has 3 aromatic rings. The van der Waals surface area contributed by atoms with Gasteiger partial charge < -0.3 is 14.8 Å². The minimum Gasteiger partial charge on any atom is -0.497 e. The van der Waals surface area contributed by atoms with Crippen molar-refractivity contribution in [1.82, 2.24) is 20.1 Å². The second-order valence-electron chi connectivity index (χ2n) is 7.05. The number of allylic oxidation sites excluding steroid dienone is 1. The smallest absolute Gasteiger partial charge is 0.230 e. The van der Waals surface area contributed by atoms with E-state index >= 15 is 0 Å². The third-order valence-electron chi connectivity index (χ3n) is 4.70. The number of rotatable bonds is 12. The van der Waals surface area contributed by atoms with Crippen molar-refractivity contribution in [2.45, 2.75) is 31.1 Å². The van der Waals surface area contributed by atoms with Crippen LogP contribution in [0.5, 0.6) is 11.5 Å². The topological polar surface area (TPSA) is 78.3 Å². The molecule has 0 aliphatic heterocycles. The van der Waals surface area contributed by atoms with E-state index in [2.05, 4.69) is 34.2 Å². The van der Waals surface area contributed by atoms with E-state index in [-0.39, 0.29) is 17.8 Å². The van der Waals surface area contributed by atoms with Crippen LogP contribution in [0.15, 0.2) is 72.4 Å². The summed E-state index contributed by atoms with van der Waals surface area (Å²) in [5, 5.41) is 12.2. The lowest BCUT2D eigenvalue weighted by molar-refractivity contribution is -0.118. The molecule has 1 unspecified atom stereocenters. The van der Waals surface area contributed by atoms with E-state index < -0.39 is 0 Å². The Balaban J connectivity index is 1.55. The van der Waals surface area contributed by atoms with Gasteiger partial charge in [-0.1, -0.05) is 48.2 Å². The van der Waals surface area contributed by atoms with Crippen LogP contribution >= 0.6 is 11.8 Å². The second kappa shape index (κ2) is 12.0. The maximum Gasteiger partial charge on any atom is 0.230 e. The molecule has 0 aliphatic carbocycles. The highest BCUT2D eigenvalue weighted by Gasteiger charge is 2.19. The molecule has 1 heterocycles. The van der Waals surface area contributed by atoms with Crippen LogP contribution in [0.2, 0.25) is 0 Å². The first-order chi connectivity index (χ1) is 15.6. The Bertz CT molecular complexity index is 1010. The number of amides is 1. The molecule has 7 nitrogen and oxygen atoms in total. The third-order valence-corrected chi connectivity index (χ3v) is 5.67. The van der Waals surface area contributed by atoms with E-state index in [4.69, 9.17) is 9.47 Å². The van der Waals surface area contributed by atoms with E-state index in [1.165, 1.54) is 17.3 Å². The van der Waals surface area contributed by atoms with Crippen LogP contribution in [0.1, 0.15) is 24.4 Å². The number of ether oxygens (including phenoxy) is 2. The zero-order chi connectivity index (χ0) is 22.8. The molecule has 0 saturated heterocycles. The molecule has 8 heteroatoms. The summed E-state index contributed by atoms with van der Waals surface area (Å²) in [5.41, 5.74) is 1.20. The fourth-order valence-electron chi connectivity index (χ4n) is 3.09. The Morgan fingerprint density at radius 3 is 2.56 bits per heavy atom. The molecule has 32 heavy (non-hydrogen) atoms. The van der Waals surface area contributed by atoms with Gasteiger partial charge in [-0.25, -0.2) is 0 Å². The Hall–Kier alpha value is -3.26. The molecule has 0 aliphatic rings. The zero-order valence-electron chi connectivity index (χ0n) is 18.4. The SMILES string of the molecule is C=CCn1c(SCC(=O)NCCc2ccccc2)nnc1C(C)Oc1ccc(OC)cc1. The van der Waals surface area contributed by atoms with Gasteiger partial charge in [0.1, 0.15) is 11.5 Å². The lowest BCUT2D eigenvalue weighted by Gasteiger charge is -2.16. The van der Waals surface area contributed by atoms with Crippen molar-refractivity contribution in [3.05, 3.63) is 78.6 Å². The molecular formula is C24H28N4O3S. The number of nitrogens with one attached hydrogen (secondary N) is 1. The average molecular weight is 453 g/mol. The summed E-state index contributed by atoms with van der Waals surface area (Å²) >= 11 is 1.35. The van der Waals surface area contributed by atoms with Gasteiger partial charge in [-0.2, -0.15) is 0 Å². The van der Waals surface area contributed by atoms with Crippen LogP contribution in [0.25, 0.3) is 0 Å². The van der Waals surface area contributed by atoms with Crippen molar-refractivity contribution in [2.24, 2.45) is 0 Å². The minimum atomic E-state index is -0.329. The molecule has 1 amide bonds. The molecule has 0 radical (unpaired) electrons. The van der Waals surface area contributed by atoms with Gasteiger partial charge >= 0.3 is 0 Å². The molecule has 0 saturated carbocycles. The predicted octanol–water partition coefficient (Wildman–Crippen LogP) is 4.06. The monoisotopic (exact) mass is 452 g/mol. The largest absolute Gasteiger partial charge is 0.497 e. The molecule has 1 atom stereocenters. The lowest BCUT2D eigenvalue weighted by atomic mass is 10.1. The highest BCUT2D eigenvalue weighted by Crippen LogP contribution is 2.26. The van der Waals surface area contributed by atoms with E-state index in [1.807, 2.05) is 54.0 Å². The standard InChI is InChI=1S/C24H28N4O3S/c1-4-16-28-23(18(2)31-21-12-10-20(30-3)11-13-21)26-27-24(28)32-17-22(29)25-15-14-19-8-6-5-7-9-19/h4-13,18H,1,14-17H2,2-3H3,(H,25,29). The molecule has 0 fully saturated rings. The van der Waals surface area contributed by atoms with Crippen molar-refractivity contribution in [3.63, 3.8) is 0 Å². The molecule has 1 N–H and O–H groups in total. The van der Waals surface area contributed by atoms with Gasteiger partial charge in [0, 0.05) is 13.1 Å². The maximum absolute atomic E-state index is 12.3. The first-order valence-electron chi connectivity index (χ1n) is 10.4. The summed E-state index contributed by atoms with van der Waals surface area (Å²) in [5.74, 6) is 2.37. The summed E-state index contributed by atoms with van der Waals surface area (Å²) in [6, 6.07) is 17.5. The third kappa shape index (κ3) is 6.62. The number of methoxy groups -OCH3 is 1. The quantitative estimate of drug-likeness (QED) is 0.330. The highest BCUT2D eigenvalue weighted by molar-refractivity contribution is 7.99. The summed E-state index contributed by atoms with van der Waals surface area (Å²) in [4.78, 5) is 12.3. The van der Waals surface area contributed by atoms with E-state index in [0.717, 1.165) is 12.2 Å². The van der Waals surface area contributed by atoms with Gasteiger partial charge in [0.2, 0.25) is 5.91 Å². The number of hydrogen-bond acceptors (Lipinski definition) is 6. The summed E-state index contributed by atoms with van der Waals surface area (Å²) in [6.45, 7) is 6.86. The van der Waals surface area contributed by atoms with Gasteiger partial charge in [-0.3, -0.25) is 9.36 Å². The number of aromatic nitrogens is 3. The fourth-order valence-corrected chi connectivity index (χ4v) is 3.88. The van der Waals surface area contributed by atoms with Crippen LogP contribution in [-0.2, 0) is 17.8 Å². The van der Waals surface area contributed by atoms with Gasteiger partial charge in [-0.05, 0) is 43.2 Å². The summed E-state index contributed by atoms with van der Waals surface area (Å²) in [6.07, 6.45) is 2.25. The Labute approximate surface area is 192 Å². The predicted molar refractivity (Wildman–Crippen MR) is 126 cm³/mol. The molecule has 0 spiro atoms. The maximum atomic E-state index is 12.3. The Morgan fingerprint density at radius 2 is 1.88 bits per heavy atom. The van der Waals surface area contributed by atoms with Gasteiger partial charge in [-0.15, -0.1) is 16.8 Å². The van der Waals surface area contributed by atoms with Gasteiger partial charge in [0.25, 0.3) is 0 Å². The Kier molecular flexibility index (Phi) is 8.74. The van der Waals surface area contributed by atoms with E-state index in [1.54, 1.807) is 13.2 Å². The van der Waals surface area contributed by atoms with Gasteiger partial charge in [0.05, 0.1) is 12.9 Å². The molecule has 2 aromatic carbocycles. The number of carbonyl (C=O) groups is 1. The summed E-state index contributed by atoms with van der Waals surface area (Å²) < 4.78 is 13.1. The van der Waals surface area contributed by atoms with Crippen molar-refractivity contribution < 1.29 is 14.3 Å². The molecule has 3 rings (SSSR count). The number of thioether (sulfide) groups is 1. The molecule has 1 aromatic heterocycles. The van der Waals surface area contributed by atoms with Crippen LogP contribution in [0.3, 0.4) is 0 Å². The minimum absolute atomic E-state index is 0.0387. The van der Waals surface area contributed by atoms with Crippen LogP contribution in [-0.4, -0.2) is 40.1 Å². The molecular weight excluding hydrogens is 424 g/mol. The second-order valence-corrected chi connectivity index (χ2v) is 7.99. The molecule has 168 valence electrons. The Morgan fingerprint density at radius 1 is 1.16 bits per heavy atom. The molecule has 0 bridgehead atoms. The van der Waals surface area contributed by atoms with Crippen LogP contribution < -0.4 is 14.8 Å². The zero-order valence-corrected chi connectivity index (χ0v) is 19.2. The van der Waals surface area contributed by atoms with Crippen molar-refractivity contribution in [2.75, 3.05) is 19.4 Å². The highest BCUT2D eigenvalue weighted by atomic mass is 32.2. The number of hydrogen-bond donors (Lipinski definition) is 1. The number of carbonyl (C=O) groups excluding carboxylic acids is 1. The van der Waals surface area contributed by atoms with E-state index in [0.29, 0.717) is 29.8 Å². The first-order valence-corrected chi connectivity index (χ1v) is 11.4. The summed E-state index contributed by atoms with van der Waals surface area (Å²) in [7, 11) is 1.62. The normalized spacial score (nSPS) is 11.6. The van der Waals surface area contributed by atoms with Crippen molar-refractivity contribution >= 4 is 17.7 Å². The number of benzene rings is 2. The van der Waals surface area contributed by atoms with Crippen molar-refractivity contribution in [1.29, 1.82) is 0 Å². The first kappa shape index (κ1) is 23.4. The number of nitrogens with zero attached hydrogens (tertiary/aromatic N) is 3. The fraction of sp³-hybridized carbons (Fsp3) is 0.292. The lowest BCUT2D eigenvalue weighted by Crippen LogP contribution is -2.27. The van der Waals surface area contributed by atoms with E-state index in [9.17, 15) is 4.79 Å².